The first-order chi connectivity index (χ1) is 7.72. The maximum atomic E-state index is 5.65. The van der Waals surface area contributed by atoms with Crippen LogP contribution in [0.2, 0.25) is 0 Å². The third-order valence-electron chi connectivity index (χ3n) is 3.02. The minimum Gasteiger partial charge on any atom is -0.376 e. The zero-order chi connectivity index (χ0) is 11.8. The smallest absolute Gasteiger partial charge is 0.0700 e. The third kappa shape index (κ3) is 5.80. The van der Waals surface area contributed by atoms with Crippen molar-refractivity contribution in [3.8, 4) is 0 Å². The summed E-state index contributed by atoms with van der Waals surface area (Å²) in [5.74, 6) is 0. The molecule has 0 aromatic rings. The molecule has 0 aromatic heterocycles. The number of hydrogen-bond donors (Lipinski definition) is 1. The number of nitrogens with zero attached hydrogens (tertiary/aromatic N) is 2. The van der Waals surface area contributed by atoms with Gasteiger partial charge in [0.1, 0.15) is 0 Å². The van der Waals surface area contributed by atoms with Crippen molar-refractivity contribution in [1.82, 2.24) is 15.1 Å². The van der Waals surface area contributed by atoms with Crippen LogP contribution in [0.15, 0.2) is 0 Å². The number of morpholine rings is 1. The van der Waals surface area contributed by atoms with Crippen LogP contribution in [-0.4, -0.2) is 75.9 Å². The molecule has 0 aromatic carbocycles. The Morgan fingerprint density at radius 2 is 2.19 bits per heavy atom. The Morgan fingerprint density at radius 1 is 1.38 bits per heavy atom. The molecule has 0 aliphatic carbocycles. The zero-order valence-electron chi connectivity index (χ0n) is 11.0. The summed E-state index contributed by atoms with van der Waals surface area (Å²) in [4.78, 5) is 4.70. The Labute approximate surface area is 99.9 Å². The van der Waals surface area contributed by atoms with Gasteiger partial charge in [0.2, 0.25) is 0 Å². The highest BCUT2D eigenvalue weighted by Crippen LogP contribution is 2.06. The van der Waals surface area contributed by atoms with Crippen molar-refractivity contribution >= 4 is 0 Å². The molecule has 1 fully saturated rings. The van der Waals surface area contributed by atoms with Gasteiger partial charge in [0.05, 0.1) is 12.7 Å². The molecule has 4 nitrogen and oxygen atoms in total. The van der Waals surface area contributed by atoms with Crippen LogP contribution in [0.5, 0.6) is 0 Å². The van der Waals surface area contributed by atoms with Gasteiger partial charge in [-0.25, -0.2) is 0 Å². The van der Waals surface area contributed by atoms with Gasteiger partial charge in [-0.2, -0.15) is 0 Å². The molecule has 0 amide bonds. The van der Waals surface area contributed by atoms with E-state index in [0.717, 1.165) is 52.3 Å². The first-order valence-electron chi connectivity index (χ1n) is 6.41. The molecule has 1 N–H and O–H groups in total. The van der Waals surface area contributed by atoms with Gasteiger partial charge in [-0.05, 0) is 20.5 Å². The third-order valence-corrected chi connectivity index (χ3v) is 3.02. The number of likely N-dealkylation sites (N-methyl/N-ethyl adjacent to an activating group) is 1. The van der Waals surface area contributed by atoms with E-state index in [1.54, 1.807) is 0 Å². The summed E-state index contributed by atoms with van der Waals surface area (Å²) in [5.41, 5.74) is 0. The lowest BCUT2D eigenvalue weighted by Gasteiger charge is -2.32. The Kier molecular flexibility index (Phi) is 6.96. The van der Waals surface area contributed by atoms with Crippen molar-refractivity contribution in [3.63, 3.8) is 0 Å². The molecule has 1 unspecified atom stereocenters. The Bertz CT molecular complexity index is 176. The summed E-state index contributed by atoms with van der Waals surface area (Å²) >= 11 is 0. The highest BCUT2D eigenvalue weighted by Gasteiger charge is 2.17. The van der Waals surface area contributed by atoms with Crippen LogP contribution in [-0.2, 0) is 4.74 Å². The number of rotatable bonds is 7. The lowest BCUT2D eigenvalue weighted by molar-refractivity contribution is -0.0290. The van der Waals surface area contributed by atoms with Gasteiger partial charge in [0.15, 0.2) is 0 Å². The summed E-state index contributed by atoms with van der Waals surface area (Å²) in [5, 5.41) is 3.47. The van der Waals surface area contributed by atoms with Gasteiger partial charge in [-0.15, -0.1) is 0 Å². The zero-order valence-corrected chi connectivity index (χ0v) is 11.0. The fraction of sp³-hybridized carbons (Fsp3) is 1.00. The molecule has 1 aliphatic heterocycles. The molecular formula is C12H27N3O. The van der Waals surface area contributed by atoms with Crippen LogP contribution in [0.3, 0.4) is 0 Å². The first kappa shape index (κ1) is 13.9. The second-order valence-corrected chi connectivity index (χ2v) is 4.75. The molecule has 0 bridgehead atoms. The monoisotopic (exact) mass is 229 g/mol. The SMILES string of the molecule is CCC1CN(CCNCCN(C)C)CCO1. The van der Waals surface area contributed by atoms with Gasteiger partial charge in [0.25, 0.3) is 0 Å². The molecular weight excluding hydrogens is 202 g/mol. The molecule has 1 aliphatic rings. The fourth-order valence-corrected chi connectivity index (χ4v) is 1.90. The van der Waals surface area contributed by atoms with Crippen molar-refractivity contribution in [3.05, 3.63) is 0 Å². The number of nitrogens with one attached hydrogen (secondary N) is 1. The molecule has 1 heterocycles. The van der Waals surface area contributed by atoms with Crippen LogP contribution < -0.4 is 5.32 Å². The topological polar surface area (TPSA) is 27.7 Å². The average Bonchev–Trinajstić information content (AvgIpc) is 2.28. The van der Waals surface area contributed by atoms with Crippen LogP contribution in [0.1, 0.15) is 13.3 Å². The van der Waals surface area contributed by atoms with Crippen molar-refractivity contribution in [2.24, 2.45) is 0 Å². The maximum Gasteiger partial charge on any atom is 0.0700 e. The summed E-state index contributed by atoms with van der Waals surface area (Å²) in [6, 6.07) is 0. The highest BCUT2D eigenvalue weighted by molar-refractivity contribution is 4.70. The van der Waals surface area contributed by atoms with Gasteiger partial charge >= 0.3 is 0 Å². The van der Waals surface area contributed by atoms with Crippen LogP contribution >= 0.6 is 0 Å². The highest BCUT2D eigenvalue weighted by atomic mass is 16.5. The molecule has 0 radical (unpaired) electrons. The molecule has 0 saturated carbocycles. The number of ether oxygens (including phenoxy) is 1. The second-order valence-electron chi connectivity index (χ2n) is 4.75. The molecule has 1 rings (SSSR count). The second kappa shape index (κ2) is 8.01. The normalized spacial score (nSPS) is 22.9. The van der Waals surface area contributed by atoms with E-state index < -0.39 is 0 Å². The summed E-state index contributed by atoms with van der Waals surface area (Å²) < 4.78 is 5.65. The van der Waals surface area contributed by atoms with E-state index in [9.17, 15) is 0 Å². The molecule has 1 atom stereocenters. The van der Waals surface area contributed by atoms with Crippen molar-refractivity contribution < 1.29 is 4.74 Å². The minimum absolute atomic E-state index is 0.454. The molecule has 16 heavy (non-hydrogen) atoms. The largest absolute Gasteiger partial charge is 0.376 e. The minimum atomic E-state index is 0.454. The van der Waals surface area contributed by atoms with Crippen LogP contribution in [0, 0.1) is 0 Å². The van der Waals surface area contributed by atoms with Crippen LogP contribution in [0.25, 0.3) is 0 Å². The van der Waals surface area contributed by atoms with E-state index in [4.69, 9.17) is 4.74 Å². The summed E-state index contributed by atoms with van der Waals surface area (Å²) in [6.45, 7) is 9.71. The Morgan fingerprint density at radius 3 is 2.88 bits per heavy atom. The maximum absolute atomic E-state index is 5.65. The summed E-state index contributed by atoms with van der Waals surface area (Å²) in [6.07, 6.45) is 1.58. The van der Waals surface area contributed by atoms with E-state index >= 15 is 0 Å². The lowest BCUT2D eigenvalue weighted by Crippen LogP contribution is -2.45. The van der Waals surface area contributed by atoms with E-state index in [1.165, 1.54) is 0 Å². The first-order valence-corrected chi connectivity index (χ1v) is 6.41. The molecule has 1 saturated heterocycles. The fourth-order valence-electron chi connectivity index (χ4n) is 1.90. The average molecular weight is 229 g/mol. The van der Waals surface area contributed by atoms with Crippen molar-refractivity contribution in [1.29, 1.82) is 0 Å². The van der Waals surface area contributed by atoms with Crippen LogP contribution in [0.4, 0.5) is 0 Å². The predicted molar refractivity (Wildman–Crippen MR) is 67.9 cm³/mol. The molecule has 0 spiro atoms. The predicted octanol–water partition coefficient (Wildman–Crippen LogP) is 0.248. The Balaban J connectivity index is 1.99. The van der Waals surface area contributed by atoms with Gasteiger partial charge in [-0.1, -0.05) is 6.92 Å². The van der Waals surface area contributed by atoms with Crippen molar-refractivity contribution in [2.75, 3.05) is 60.0 Å². The van der Waals surface area contributed by atoms with E-state index in [2.05, 4.69) is 36.1 Å². The van der Waals surface area contributed by atoms with E-state index in [1.807, 2.05) is 0 Å². The molecule has 4 heteroatoms. The quantitative estimate of drug-likeness (QED) is 0.633. The lowest BCUT2D eigenvalue weighted by atomic mass is 10.2. The molecule has 96 valence electrons. The Hall–Kier alpha value is -0.160. The van der Waals surface area contributed by atoms with Gasteiger partial charge in [-0.3, -0.25) is 4.90 Å². The van der Waals surface area contributed by atoms with E-state index in [-0.39, 0.29) is 0 Å². The standard InChI is InChI=1S/C12H27N3O/c1-4-12-11-15(9-10-16-12)8-6-13-5-7-14(2)3/h12-13H,4-11H2,1-3H3. The van der Waals surface area contributed by atoms with Gasteiger partial charge < -0.3 is 15.0 Å². The number of hydrogen-bond acceptors (Lipinski definition) is 4. The van der Waals surface area contributed by atoms with Crippen molar-refractivity contribution in [2.45, 2.75) is 19.4 Å². The summed E-state index contributed by atoms with van der Waals surface area (Å²) in [7, 11) is 4.21. The van der Waals surface area contributed by atoms with E-state index in [0.29, 0.717) is 6.10 Å². The van der Waals surface area contributed by atoms with Gasteiger partial charge in [0, 0.05) is 39.3 Å².